The number of carbonyl (C=O) groups is 1. The van der Waals surface area contributed by atoms with E-state index in [0.29, 0.717) is 18.6 Å². The van der Waals surface area contributed by atoms with Gasteiger partial charge in [-0.3, -0.25) is 4.79 Å². The van der Waals surface area contributed by atoms with Crippen molar-refractivity contribution >= 4 is 5.91 Å². The Kier molecular flexibility index (Phi) is 4.54. The molecule has 2 atom stereocenters. The van der Waals surface area contributed by atoms with E-state index < -0.39 is 0 Å². The molecule has 1 aliphatic rings. The van der Waals surface area contributed by atoms with Gasteiger partial charge in [0.2, 0.25) is 5.91 Å². The van der Waals surface area contributed by atoms with Gasteiger partial charge in [0.15, 0.2) is 0 Å². The summed E-state index contributed by atoms with van der Waals surface area (Å²) in [5.74, 6) is 0.154. The lowest BCUT2D eigenvalue weighted by Crippen LogP contribution is -2.47. The van der Waals surface area contributed by atoms with Gasteiger partial charge in [0, 0.05) is 26.2 Å². The van der Waals surface area contributed by atoms with Gasteiger partial charge in [-0.05, 0) is 33.4 Å². The van der Waals surface area contributed by atoms with Crippen LogP contribution in [0.2, 0.25) is 0 Å². The van der Waals surface area contributed by atoms with E-state index >= 15 is 0 Å². The van der Waals surface area contributed by atoms with Crippen molar-refractivity contribution in [2.24, 2.45) is 0 Å². The number of amides is 1. The summed E-state index contributed by atoms with van der Waals surface area (Å²) in [5.41, 5.74) is 0. The van der Waals surface area contributed by atoms with Crippen LogP contribution in [0.4, 0.5) is 0 Å². The maximum atomic E-state index is 11.4. The largest absolute Gasteiger partial charge is 0.348 e. The van der Waals surface area contributed by atoms with Gasteiger partial charge in [-0.1, -0.05) is 0 Å². The molecule has 1 aliphatic heterocycles. The highest BCUT2D eigenvalue weighted by Gasteiger charge is 2.22. The van der Waals surface area contributed by atoms with Crippen LogP contribution in [0.15, 0.2) is 0 Å². The minimum atomic E-state index is 0.154. The van der Waals surface area contributed by atoms with Crippen molar-refractivity contribution in [1.82, 2.24) is 15.1 Å². The zero-order valence-corrected chi connectivity index (χ0v) is 10.3. The van der Waals surface area contributed by atoms with E-state index in [1.165, 1.54) is 0 Å². The lowest BCUT2D eigenvalue weighted by Gasteiger charge is -2.35. The molecule has 4 heteroatoms. The molecule has 0 saturated carbocycles. The second-order valence-electron chi connectivity index (χ2n) is 4.72. The zero-order chi connectivity index (χ0) is 11.4. The lowest BCUT2D eigenvalue weighted by molar-refractivity contribution is -0.127. The van der Waals surface area contributed by atoms with Crippen molar-refractivity contribution in [2.75, 3.05) is 34.2 Å². The van der Waals surface area contributed by atoms with Gasteiger partial charge >= 0.3 is 0 Å². The van der Waals surface area contributed by atoms with E-state index in [2.05, 4.69) is 24.2 Å². The summed E-state index contributed by atoms with van der Waals surface area (Å²) < 4.78 is 0. The Balaban J connectivity index is 2.25. The van der Waals surface area contributed by atoms with E-state index in [9.17, 15) is 4.79 Å². The molecule has 0 aromatic rings. The fourth-order valence-electron chi connectivity index (χ4n) is 1.86. The number of nitrogens with one attached hydrogen (secondary N) is 1. The third kappa shape index (κ3) is 3.80. The van der Waals surface area contributed by atoms with E-state index in [0.717, 1.165) is 19.4 Å². The van der Waals surface area contributed by atoms with E-state index in [1.54, 1.807) is 19.0 Å². The molecule has 2 unspecified atom stereocenters. The molecule has 1 rings (SSSR count). The number of likely N-dealkylation sites (N-methyl/N-ethyl adjacent to an activating group) is 1. The van der Waals surface area contributed by atoms with Crippen molar-refractivity contribution in [3.05, 3.63) is 0 Å². The first-order chi connectivity index (χ1) is 7.00. The minimum Gasteiger partial charge on any atom is -0.348 e. The first kappa shape index (κ1) is 12.5. The highest BCUT2D eigenvalue weighted by Crippen LogP contribution is 2.14. The summed E-state index contributed by atoms with van der Waals surface area (Å²) in [6.45, 7) is 3.82. The maximum Gasteiger partial charge on any atom is 0.236 e. The Morgan fingerprint density at radius 3 is 2.73 bits per heavy atom. The molecule has 1 saturated heterocycles. The van der Waals surface area contributed by atoms with Gasteiger partial charge in [0.05, 0.1) is 6.54 Å². The van der Waals surface area contributed by atoms with Crippen LogP contribution >= 0.6 is 0 Å². The van der Waals surface area contributed by atoms with Crippen molar-refractivity contribution in [3.63, 3.8) is 0 Å². The molecule has 0 bridgehead atoms. The predicted octanol–water partition coefficient (Wildman–Crippen LogP) is 0.147. The molecule has 0 aromatic carbocycles. The Labute approximate surface area is 92.6 Å². The highest BCUT2D eigenvalue weighted by atomic mass is 16.2. The van der Waals surface area contributed by atoms with Gasteiger partial charge in [-0.25, -0.2) is 0 Å². The quantitative estimate of drug-likeness (QED) is 0.725. The van der Waals surface area contributed by atoms with Crippen molar-refractivity contribution in [3.8, 4) is 0 Å². The molecule has 0 aromatic heterocycles. The first-order valence-corrected chi connectivity index (χ1v) is 5.64. The molecule has 4 nitrogen and oxygen atoms in total. The second-order valence-corrected chi connectivity index (χ2v) is 4.72. The summed E-state index contributed by atoms with van der Waals surface area (Å²) in [7, 11) is 5.74. The molecule has 15 heavy (non-hydrogen) atoms. The first-order valence-electron chi connectivity index (χ1n) is 5.64. The van der Waals surface area contributed by atoms with Crippen molar-refractivity contribution in [1.29, 1.82) is 0 Å². The number of likely N-dealkylation sites (tertiary alicyclic amines) is 1. The predicted molar refractivity (Wildman–Crippen MR) is 61.8 cm³/mol. The number of nitrogens with zero attached hydrogens (tertiary/aromatic N) is 2. The number of hydrogen-bond donors (Lipinski definition) is 1. The summed E-state index contributed by atoms with van der Waals surface area (Å²) in [6.07, 6.45) is 2.28. The van der Waals surface area contributed by atoms with E-state index in [4.69, 9.17) is 0 Å². The van der Waals surface area contributed by atoms with Crippen LogP contribution in [0.5, 0.6) is 0 Å². The molecule has 88 valence electrons. The van der Waals surface area contributed by atoms with Crippen molar-refractivity contribution in [2.45, 2.75) is 31.8 Å². The fraction of sp³-hybridized carbons (Fsp3) is 0.909. The third-order valence-corrected chi connectivity index (χ3v) is 3.25. The lowest BCUT2D eigenvalue weighted by atomic mass is 9.99. The number of carbonyl (C=O) groups excluding carboxylic acids is 1. The molecule has 1 fully saturated rings. The van der Waals surface area contributed by atoms with Crippen LogP contribution < -0.4 is 5.32 Å². The van der Waals surface area contributed by atoms with E-state index in [-0.39, 0.29) is 5.91 Å². The zero-order valence-electron chi connectivity index (χ0n) is 10.3. The van der Waals surface area contributed by atoms with Gasteiger partial charge in [-0.2, -0.15) is 0 Å². The minimum absolute atomic E-state index is 0.154. The normalized spacial score (nSPS) is 27.7. The molecule has 1 amide bonds. The monoisotopic (exact) mass is 213 g/mol. The second kappa shape index (κ2) is 5.47. The van der Waals surface area contributed by atoms with Gasteiger partial charge < -0.3 is 15.1 Å². The van der Waals surface area contributed by atoms with Crippen LogP contribution in [0, 0.1) is 0 Å². The van der Waals surface area contributed by atoms with Gasteiger partial charge in [0.1, 0.15) is 0 Å². The number of hydrogen-bond acceptors (Lipinski definition) is 3. The summed E-state index contributed by atoms with van der Waals surface area (Å²) in [4.78, 5) is 15.4. The van der Waals surface area contributed by atoms with Crippen molar-refractivity contribution < 1.29 is 4.79 Å². The van der Waals surface area contributed by atoms with Gasteiger partial charge in [0.25, 0.3) is 0 Å². The summed E-state index contributed by atoms with van der Waals surface area (Å²) >= 11 is 0. The molecular weight excluding hydrogens is 190 g/mol. The summed E-state index contributed by atoms with van der Waals surface area (Å²) in [5, 5.41) is 3.34. The van der Waals surface area contributed by atoms with Gasteiger partial charge in [-0.15, -0.1) is 0 Å². The Hall–Kier alpha value is -0.610. The van der Waals surface area contributed by atoms with Crippen LogP contribution in [0.3, 0.4) is 0 Å². The fourth-order valence-corrected chi connectivity index (χ4v) is 1.86. The highest BCUT2D eigenvalue weighted by molar-refractivity contribution is 5.77. The molecule has 0 aliphatic carbocycles. The molecule has 1 heterocycles. The van der Waals surface area contributed by atoms with Crippen LogP contribution in [-0.2, 0) is 4.79 Å². The van der Waals surface area contributed by atoms with Crippen LogP contribution in [-0.4, -0.2) is 62.0 Å². The molecule has 0 spiro atoms. The molecule has 1 N–H and O–H groups in total. The standard InChI is InChI=1S/C11H23N3O/c1-9-7-10(5-6-14(9)4)12-8-11(15)13(2)3/h9-10,12H,5-8H2,1-4H3. The average Bonchev–Trinajstić information content (AvgIpc) is 2.19. The summed E-state index contributed by atoms with van der Waals surface area (Å²) in [6, 6.07) is 1.12. The Morgan fingerprint density at radius 1 is 1.53 bits per heavy atom. The number of rotatable bonds is 3. The van der Waals surface area contributed by atoms with E-state index in [1.807, 2.05) is 0 Å². The Morgan fingerprint density at radius 2 is 2.20 bits per heavy atom. The topological polar surface area (TPSA) is 35.6 Å². The third-order valence-electron chi connectivity index (χ3n) is 3.25. The number of piperidine rings is 1. The molecular formula is C11H23N3O. The average molecular weight is 213 g/mol. The van der Waals surface area contributed by atoms with Crippen LogP contribution in [0.1, 0.15) is 19.8 Å². The molecule has 0 radical (unpaired) electrons. The van der Waals surface area contributed by atoms with Crippen LogP contribution in [0.25, 0.3) is 0 Å². The Bertz CT molecular complexity index is 218. The smallest absolute Gasteiger partial charge is 0.236 e. The maximum absolute atomic E-state index is 11.4. The SMILES string of the molecule is CC1CC(NCC(=O)N(C)C)CCN1C.